The fourth-order valence-electron chi connectivity index (χ4n) is 2.09. The molecule has 1 saturated heterocycles. The Labute approximate surface area is 109 Å². The van der Waals surface area contributed by atoms with Crippen molar-refractivity contribution < 1.29 is 18.3 Å². The van der Waals surface area contributed by atoms with Gasteiger partial charge in [-0.1, -0.05) is 0 Å². The second kappa shape index (κ2) is 5.13. The molecule has 1 aromatic carbocycles. The number of carbonyl (C=O) groups is 1. The summed E-state index contributed by atoms with van der Waals surface area (Å²) in [6, 6.07) is 1.86. The molecule has 0 saturated carbocycles. The molecule has 1 aromatic rings. The fraction of sp³-hybridized carbons (Fsp3) is 0.462. The van der Waals surface area contributed by atoms with E-state index in [-0.39, 0.29) is 5.56 Å². The van der Waals surface area contributed by atoms with Gasteiger partial charge in [0.15, 0.2) is 0 Å². The van der Waals surface area contributed by atoms with E-state index in [1.165, 1.54) is 0 Å². The quantitative estimate of drug-likeness (QED) is 0.806. The van der Waals surface area contributed by atoms with Gasteiger partial charge in [-0.15, -0.1) is 0 Å². The SMILES string of the molecule is CC1(NC(=O)c2cc(F)c(N)c(F)c2)CCCOC1. The largest absolute Gasteiger partial charge is 0.394 e. The zero-order valence-electron chi connectivity index (χ0n) is 10.6. The Kier molecular flexibility index (Phi) is 3.71. The third-order valence-corrected chi connectivity index (χ3v) is 3.19. The first-order chi connectivity index (χ1) is 8.91. The number of nitrogens with two attached hydrogens (primary N) is 1. The monoisotopic (exact) mass is 270 g/mol. The molecule has 1 amide bonds. The minimum Gasteiger partial charge on any atom is -0.394 e. The van der Waals surface area contributed by atoms with Crippen molar-refractivity contribution in [3.05, 3.63) is 29.3 Å². The number of nitrogens with one attached hydrogen (secondary N) is 1. The minimum atomic E-state index is -0.935. The number of halogens is 2. The molecule has 0 radical (unpaired) electrons. The van der Waals surface area contributed by atoms with Gasteiger partial charge in [0.2, 0.25) is 0 Å². The Balaban J connectivity index is 2.16. The summed E-state index contributed by atoms with van der Waals surface area (Å²) in [4.78, 5) is 12.0. The zero-order valence-corrected chi connectivity index (χ0v) is 10.6. The summed E-state index contributed by atoms with van der Waals surface area (Å²) >= 11 is 0. The second-order valence-corrected chi connectivity index (χ2v) is 5.02. The van der Waals surface area contributed by atoms with Crippen molar-refractivity contribution in [2.75, 3.05) is 18.9 Å². The fourth-order valence-corrected chi connectivity index (χ4v) is 2.09. The van der Waals surface area contributed by atoms with Crippen LogP contribution in [0.4, 0.5) is 14.5 Å². The summed E-state index contributed by atoms with van der Waals surface area (Å²) in [5, 5.41) is 2.75. The van der Waals surface area contributed by atoms with Crippen LogP contribution in [0.25, 0.3) is 0 Å². The summed E-state index contributed by atoms with van der Waals surface area (Å²) in [7, 11) is 0. The van der Waals surface area contributed by atoms with Gasteiger partial charge in [-0.3, -0.25) is 4.79 Å². The second-order valence-electron chi connectivity index (χ2n) is 5.02. The van der Waals surface area contributed by atoms with Crippen LogP contribution >= 0.6 is 0 Å². The van der Waals surface area contributed by atoms with Gasteiger partial charge >= 0.3 is 0 Å². The van der Waals surface area contributed by atoms with E-state index in [1.807, 2.05) is 6.92 Å². The highest BCUT2D eigenvalue weighted by Gasteiger charge is 2.30. The number of benzene rings is 1. The zero-order chi connectivity index (χ0) is 14.0. The first-order valence-electron chi connectivity index (χ1n) is 6.06. The number of hydrogen-bond acceptors (Lipinski definition) is 3. The Morgan fingerprint density at radius 3 is 2.58 bits per heavy atom. The van der Waals surface area contributed by atoms with Crippen molar-refractivity contribution >= 4 is 11.6 Å². The summed E-state index contributed by atoms with van der Waals surface area (Å²) in [6.07, 6.45) is 1.60. The van der Waals surface area contributed by atoms with Crippen LogP contribution in [0, 0.1) is 11.6 Å². The highest BCUT2D eigenvalue weighted by Crippen LogP contribution is 2.21. The summed E-state index contributed by atoms with van der Waals surface area (Å²) < 4.78 is 31.9. The molecule has 0 aliphatic carbocycles. The Morgan fingerprint density at radius 2 is 2.05 bits per heavy atom. The van der Waals surface area contributed by atoms with Gasteiger partial charge in [0, 0.05) is 12.2 Å². The van der Waals surface area contributed by atoms with Gasteiger partial charge in [-0.2, -0.15) is 0 Å². The Morgan fingerprint density at radius 1 is 1.42 bits per heavy atom. The maximum Gasteiger partial charge on any atom is 0.251 e. The van der Waals surface area contributed by atoms with Crippen LogP contribution in [0.2, 0.25) is 0 Å². The molecule has 3 N–H and O–H groups in total. The number of rotatable bonds is 2. The predicted molar refractivity (Wildman–Crippen MR) is 66.7 cm³/mol. The first kappa shape index (κ1) is 13.7. The molecule has 1 aliphatic rings. The van der Waals surface area contributed by atoms with Crippen LogP contribution < -0.4 is 11.1 Å². The molecule has 1 heterocycles. The number of nitrogen functional groups attached to an aromatic ring is 1. The van der Waals surface area contributed by atoms with E-state index < -0.39 is 28.8 Å². The average molecular weight is 270 g/mol. The minimum absolute atomic E-state index is 0.0870. The lowest BCUT2D eigenvalue weighted by Gasteiger charge is -2.34. The van der Waals surface area contributed by atoms with Gasteiger partial charge in [-0.25, -0.2) is 8.78 Å². The predicted octanol–water partition coefficient (Wildman–Crippen LogP) is 1.85. The molecule has 1 aliphatic heterocycles. The van der Waals surface area contributed by atoms with Crippen LogP contribution in [0.15, 0.2) is 12.1 Å². The average Bonchev–Trinajstić information content (AvgIpc) is 2.35. The normalized spacial score (nSPS) is 23.1. The van der Waals surface area contributed by atoms with Crippen LogP contribution in [0.3, 0.4) is 0 Å². The third kappa shape index (κ3) is 3.01. The third-order valence-electron chi connectivity index (χ3n) is 3.19. The smallest absolute Gasteiger partial charge is 0.251 e. The van der Waals surface area contributed by atoms with Gasteiger partial charge in [-0.05, 0) is 31.9 Å². The van der Waals surface area contributed by atoms with E-state index in [0.29, 0.717) is 13.2 Å². The molecule has 1 unspecified atom stereocenters. The molecule has 0 bridgehead atoms. The Bertz CT molecular complexity index is 476. The van der Waals surface area contributed by atoms with Crippen molar-refractivity contribution in [2.24, 2.45) is 0 Å². The Hall–Kier alpha value is -1.69. The molecule has 6 heteroatoms. The topological polar surface area (TPSA) is 64.4 Å². The molecule has 104 valence electrons. The van der Waals surface area contributed by atoms with Gasteiger partial charge in [0.25, 0.3) is 5.91 Å². The van der Waals surface area contributed by atoms with Crippen molar-refractivity contribution in [1.29, 1.82) is 0 Å². The molecule has 19 heavy (non-hydrogen) atoms. The van der Waals surface area contributed by atoms with Crippen LogP contribution in [-0.2, 0) is 4.74 Å². The van der Waals surface area contributed by atoms with E-state index in [9.17, 15) is 13.6 Å². The molecular weight excluding hydrogens is 254 g/mol. The molecule has 1 fully saturated rings. The van der Waals surface area contributed by atoms with Gasteiger partial charge in [0.1, 0.15) is 17.3 Å². The van der Waals surface area contributed by atoms with Crippen molar-refractivity contribution in [2.45, 2.75) is 25.3 Å². The number of anilines is 1. The van der Waals surface area contributed by atoms with Gasteiger partial charge < -0.3 is 15.8 Å². The van der Waals surface area contributed by atoms with E-state index in [4.69, 9.17) is 10.5 Å². The molecular formula is C13H16F2N2O2. The number of carbonyl (C=O) groups excluding carboxylic acids is 1. The van der Waals surface area contributed by atoms with Crippen molar-refractivity contribution in [3.63, 3.8) is 0 Å². The van der Waals surface area contributed by atoms with Gasteiger partial charge in [0.05, 0.1) is 12.1 Å². The highest BCUT2D eigenvalue weighted by molar-refractivity contribution is 5.95. The number of ether oxygens (including phenoxy) is 1. The van der Waals surface area contributed by atoms with Crippen molar-refractivity contribution in [1.82, 2.24) is 5.32 Å². The number of hydrogen-bond donors (Lipinski definition) is 2. The maximum absolute atomic E-state index is 13.3. The van der Waals surface area contributed by atoms with Crippen molar-refractivity contribution in [3.8, 4) is 0 Å². The standard InChI is InChI=1S/C13H16F2N2O2/c1-13(3-2-4-19-7-13)17-12(18)8-5-9(14)11(16)10(15)6-8/h5-6H,2-4,7,16H2,1H3,(H,17,18). The summed E-state index contributed by atoms with van der Waals surface area (Å²) in [5.74, 6) is -2.41. The highest BCUT2D eigenvalue weighted by atomic mass is 19.1. The van der Waals surface area contributed by atoms with E-state index in [0.717, 1.165) is 25.0 Å². The lowest BCUT2D eigenvalue weighted by atomic mass is 9.94. The molecule has 0 spiro atoms. The van der Waals surface area contributed by atoms with Crippen LogP contribution in [0.1, 0.15) is 30.1 Å². The number of amides is 1. The lowest BCUT2D eigenvalue weighted by Crippen LogP contribution is -2.51. The summed E-state index contributed by atoms with van der Waals surface area (Å²) in [5.41, 5.74) is 3.98. The molecule has 1 atom stereocenters. The van der Waals surface area contributed by atoms with E-state index >= 15 is 0 Å². The summed E-state index contributed by atoms with van der Waals surface area (Å²) in [6.45, 7) is 2.89. The lowest BCUT2D eigenvalue weighted by molar-refractivity contribution is 0.0272. The van der Waals surface area contributed by atoms with E-state index in [1.54, 1.807) is 0 Å². The van der Waals surface area contributed by atoms with Crippen LogP contribution in [0.5, 0.6) is 0 Å². The van der Waals surface area contributed by atoms with E-state index in [2.05, 4.69) is 5.32 Å². The molecule has 0 aromatic heterocycles. The van der Waals surface area contributed by atoms with Crippen LogP contribution in [-0.4, -0.2) is 24.7 Å². The maximum atomic E-state index is 13.3. The molecule has 4 nitrogen and oxygen atoms in total. The first-order valence-corrected chi connectivity index (χ1v) is 6.06. The molecule has 2 rings (SSSR count).